The van der Waals surface area contributed by atoms with Gasteiger partial charge in [-0.15, -0.1) is 0 Å². The highest BCUT2D eigenvalue weighted by molar-refractivity contribution is 5.23. The standard InChI is InChI=1S/C11H18/c1-8-6-9(2)11(4-5-11)10(3)7-8/h8,10H,2,4-7H2,1,3H3/t8-,10-/m1/s1. The van der Waals surface area contributed by atoms with Crippen LogP contribution in [0.3, 0.4) is 0 Å². The first-order valence-electron chi connectivity index (χ1n) is 4.83. The molecule has 0 amide bonds. The third-order valence-electron chi connectivity index (χ3n) is 3.79. The highest BCUT2D eigenvalue weighted by Gasteiger charge is 2.51. The summed E-state index contributed by atoms with van der Waals surface area (Å²) in [6, 6.07) is 0. The van der Waals surface area contributed by atoms with Crippen LogP contribution in [0.25, 0.3) is 0 Å². The highest BCUT2D eigenvalue weighted by Crippen LogP contribution is 2.62. The van der Waals surface area contributed by atoms with Crippen LogP contribution in [0.4, 0.5) is 0 Å². The monoisotopic (exact) mass is 150 g/mol. The van der Waals surface area contributed by atoms with Crippen LogP contribution in [-0.4, -0.2) is 0 Å². The van der Waals surface area contributed by atoms with Crippen LogP contribution < -0.4 is 0 Å². The Kier molecular flexibility index (Phi) is 1.42. The lowest BCUT2D eigenvalue weighted by atomic mass is 9.70. The van der Waals surface area contributed by atoms with Gasteiger partial charge in [0.15, 0.2) is 0 Å². The fourth-order valence-electron chi connectivity index (χ4n) is 2.87. The first-order chi connectivity index (χ1) is 5.15. The summed E-state index contributed by atoms with van der Waals surface area (Å²) >= 11 is 0. The molecule has 62 valence electrons. The van der Waals surface area contributed by atoms with Crippen LogP contribution >= 0.6 is 0 Å². The van der Waals surface area contributed by atoms with Gasteiger partial charge in [-0.25, -0.2) is 0 Å². The zero-order chi connectivity index (χ0) is 8.06. The molecule has 2 aliphatic rings. The van der Waals surface area contributed by atoms with Gasteiger partial charge >= 0.3 is 0 Å². The number of allylic oxidation sites excluding steroid dienone is 1. The third-order valence-corrected chi connectivity index (χ3v) is 3.79. The minimum atomic E-state index is 0.631. The summed E-state index contributed by atoms with van der Waals surface area (Å²) in [5, 5.41) is 0. The lowest BCUT2D eigenvalue weighted by Crippen LogP contribution is -2.24. The predicted octanol–water partition coefficient (Wildman–Crippen LogP) is 3.39. The van der Waals surface area contributed by atoms with Crippen molar-refractivity contribution in [3.63, 3.8) is 0 Å². The van der Waals surface area contributed by atoms with Gasteiger partial charge in [-0.05, 0) is 42.9 Å². The van der Waals surface area contributed by atoms with E-state index in [0.717, 1.165) is 11.8 Å². The average molecular weight is 150 g/mol. The molecule has 0 nitrogen and oxygen atoms in total. The molecular formula is C11H18. The quantitative estimate of drug-likeness (QED) is 0.464. The fourth-order valence-corrected chi connectivity index (χ4v) is 2.87. The van der Waals surface area contributed by atoms with Crippen molar-refractivity contribution in [3.8, 4) is 0 Å². The second-order valence-electron chi connectivity index (χ2n) is 4.71. The van der Waals surface area contributed by atoms with E-state index in [2.05, 4.69) is 20.4 Å². The molecule has 2 atom stereocenters. The maximum atomic E-state index is 4.23. The molecule has 0 aromatic carbocycles. The highest BCUT2D eigenvalue weighted by atomic mass is 14.6. The van der Waals surface area contributed by atoms with E-state index in [0.29, 0.717) is 5.41 Å². The Hall–Kier alpha value is -0.260. The summed E-state index contributed by atoms with van der Waals surface area (Å²) in [6.07, 6.45) is 5.59. The van der Waals surface area contributed by atoms with Crippen molar-refractivity contribution >= 4 is 0 Å². The van der Waals surface area contributed by atoms with E-state index >= 15 is 0 Å². The van der Waals surface area contributed by atoms with E-state index in [1.807, 2.05) is 0 Å². The lowest BCUT2D eigenvalue weighted by molar-refractivity contribution is 0.253. The van der Waals surface area contributed by atoms with Gasteiger partial charge in [-0.2, -0.15) is 0 Å². The van der Waals surface area contributed by atoms with Crippen LogP contribution in [0.2, 0.25) is 0 Å². The second-order valence-corrected chi connectivity index (χ2v) is 4.71. The van der Waals surface area contributed by atoms with E-state index in [4.69, 9.17) is 0 Å². The van der Waals surface area contributed by atoms with Gasteiger partial charge < -0.3 is 0 Å². The Balaban J connectivity index is 2.16. The minimum absolute atomic E-state index is 0.631. The van der Waals surface area contributed by atoms with Crippen LogP contribution in [0.1, 0.15) is 39.5 Å². The first kappa shape index (κ1) is 7.39. The SMILES string of the molecule is C=C1C[C@@H](C)C[C@@H](C)C12CC2. The van der Waals surface area contributed by atoms with Crippen LogP contribution in [0.5, 0.6) is 0 Å². The largest absolute Gasteiger partial charge is 0.0993 e. The van der Waals surface area contributed by atoms with Gasteiger partial charge in [0.2, 0.25) is 0 Å². The maximum absolute atomic E-state index is 4.23. The van der Waals surface area contributed by atoms with Gasteiger partial charge in [-0.3, -0.25) is 0 Å². The Morgan fingerprint density at radius 3 is 2.45 bits per heavy atom. The van der Waals surface area contributed by atoms with Gasteiger partial charge in [0, 0.05) is 0 Å². The molecule has 2 rings (SSSR count). The lowest BCUT2D eigenvalue weighted by Gasteiger charge is -2.35. The van der Waals surface area contributed by atoms with Crippen LogP contribution in [-0.2, 0) is 0 Å². The molecule has 0 aromatic heterocycles. The Bertz CT molecular complexity index is 186. The molecule has 2 saturated carbocycles. The van der Waals surface area contributed by atoms with Gasteiger partial charge in [0.25, 0.3) is 0 Å². The zero-order valence-corrected chi connectivity index (χ0v) is 7.69. The second kappa shape index (κ2) is 2.12. The molecule has 0 radical (unpaired) electrons. The minimum Gasteiger partial charge on any atom is -0.0993 e. The zero-order valence-electron chi connectivity index (χ0n) is 7.69. The van der Waals surface area contributed by atoms with Crippen LogP contribution in [0.15, 0.2) is 12.2 Å². The van der Waals surface area contributed by atoms with E-state index in [9.17, 15) is 0 Å². The average Bonchev–Trinajstić information content (AvgIpc) is 2.62. The molecular weight excluding hydrogens is 132 g/mol. The summed E-state index contributed by atoms with van der Waals surface area (Å²) in [5.41, 5.74) is 2.19. The predicted molar refractivity (Wildman–Crippen MR) is 48.4 cm³/mol. The summed E-state index contributed by atoms with van der Waals surface area (Å²) < 4.78 is 0. The Morgan fingerprint density at radius 1 is 1.36 bits per heavy atom. The van der Waals surface area contributed by atoms with Gasteiger partial charge in [0.05, 0.1) is 0 Å². The molecule has 2 fully saturated rings. The van der Waals surface area contributed by atoms with E-state index in [1.165, 1.54) is 25.7 Å². The summed E-state index contributed by atoms with van der Waals surface area (Å²) in [5.74, 6) is 1.81. The number of rotatable bonds is 0. The van der Waals surface area contributed by atoms with Crippen molar-refractivity contribution < 1.29 is 0 Å². The molecule has 0 saturated heterocycles. The molecule has 0 aromatic rings. The van der Waals surface area contributed by atoms with E-state index < -0.39 is 0 Å². The summed E-state index contributed by atoms with van der Waals surface area (Å²) in [6.45, 7) is 9.00. The summed E-state index contributed by atoms with van der Waals surface area (Å²) in [7, 11) is 0. The first-order valence-corrected chi connectivity index (χ1v) is 4.83. The molecule has 0 bridgehead atoms. The summed E-state index contributed by atoms with van der Waals surface area (Å²) in [4.78, 5) is 0. The number of hydrogen-bond acceptors (Lipinski definition) is 0. The van der Waals surface area contributed by atoms with E-state index in [-0.39, 0.29) is 0 Å². The number of hydrogen-bond donors (Lipinski definition) is 0. The molecule has 0 heteroatoms. The van der Waals surface area contributed by atoms with Crippen LogP contribution in [0, 0.1) is 17.3 Å². The third kappa shape index (κ3) is 0.953. The molecule has 2 aliphatic carbocycles. The van der Waals surface area contributed by atoms with Crippen molar-refractivity contribution in [2.75, 3.05) is 0 Å². The van der Waals surface area contributed by atoms with Gasteiger partial charge in [0.1, 0.15) is 0 Å². The molecule has 11 heavy (non-hydrogen) atoms. The Labute approximate surface area is 69.7 Å². The van der Waals surface area contributed by atoms with Crippen molar-refractivity contribution in [1.82, 2.24) is 0 Å². The van der Waals surface area contributed by atoms with Crippen molar-refractivity contribution in [3.05, 3.63) is 12.2 Å². The van der Waals surface area contributed by atoms with Crippen molar-refractivity contribution in [2.45, 2.75) is 39.5 Å². The fraction of sp³-hybridized carbons (Fsp3) is 0.818. The molecule has 0 aliphatic heterocycles. The molecule has 0 unspecified atom stereocenters. The topological polar surface area (TPSA) is 0 Å². The smallest absolute Gasteiger partial charge is 0.00643 e. The molecule has 0 heterocycles. The normalized spacial score (nSPS) is 41.1. The van der Waals surface area contributed by atoms with Gasteiger partial charge in [-0.1, -0.05) is 26.0 Å². The Morgan fingerprint density at radius 2 is 2.00 bits per heavy atom. The van der Waals surface area contributed by atoms with Crippen molar-refractivity contribution in [1.29, 1.82) is 0 Å². The molecule has 0 N–H and O–H groups in total. The van der Waals surface area contributed by atoms with E-state index in [1.54, 1.807) is 5.57 Å². The molecule has 1 spiro atoms. The maximum Gasteiger partial charge on any atom is -0.00643 e. The van der Waals surface area contributed by atoms with Crippen molar-refractivity contribution in [2.24, 2.45) is 17.3 Å².